The smallest absolute Gasteiger partial charge is 0.270 e. The summed E-state index contributed by atoms with van der Waals surface area (Å²) in [7, 11) is 0. The first-order valence-electron chi connectivity index (χ1n) is 7.22. The molecule has 2 aromatic heterocycles. The van der Waals surface area contributed by atoms with Crippen LogP contribution >= 0.6 is 0 Å². The van der Waals surface area contributed by atoms with Crippen LogP contribution in [0.5, 0.6) is 0 Å². The highest BCUT2D eigenvalue weighted by molar-refractivity contribution is 5.79. The molecule has 0 radical (unpaired) electrons. The Morgan fingerprint density at radius 2 is 2.08 bits per heavy atom. The second-order valence-electron chi connectivity index (χ2n) is 6.40. The minimum Gasteiger partial charge on any atom is -0.337 e. The number of nitrogens with zero attached hydrogens (tertiary/aromatic N) is 5. The Balaban J connectivity index is 2.01. The molecule has 0 atom stereocenters. The fourth-order valence-electron chi connectivity index (χ4n) is 2.14. The van der Waals surface area contributed by atoms with E-state index in [-0.39, 0.29) is 28.9 Å². The molecule has 1 aromatic carbocycles. The van der Waals surface area contributed by atoms with Gasteiger partial charge in [0.25, 0.3) is 11.2 Å². The van der Waals surface area contributed by atoms with Crippen molar-refractivity contribution in [3.05, 3.63) is 56.7 Å². The number of hydrogen-bond acceptors (Lipinski definition) is 7. The van der Waals surface area contributed by atoms with Crippen LogP contribution in [0.1, 0.15) is 32.5 Å². The number of benzene rings is 1. The number of non-ortho nitro benzene ring substituents is 1. The van der Waals surface area contributed by atoms with E-state index in [0.717, 1.165) is 0 Å². The van der Waals surface area contributed by atoms with Gasteiger partial charge in [0.1, 0.15) is 6.54 Å². The van der Waals surface area contributed by atoms with Gasteiger partial charge >= 0.3 is 0 Å². The van der Waals surface area contributed by atoms with Gasteiger partial charge in [-0.25, -0.2) is 4.98 Å². The van der Waals surface area contributed by atoms with Gasteiger partial charge in [-0.05, 0) is 6.07 Å². The molecule has 9 heteroatoms. The lowest BCUT2D eigenvalue weighted by Gasteiger charge is -2.10. The van der Waals surface area contributed by atoms with Gasteiger partial charge in [-0.15, -0.1) is 0 Å². The average molecular weight is 329 g/mol. The van der Waals surface area contributed by atoms with E-state index >= 15 is 0 Å². The third-order valence-electron chi connectivity index (χ3n) is 3.46. The maximum absolute atomic E-state index is 12.5. The molecule has 0 bridgehead atoms. The first-order valence-corrected chi connectivity index (χ1v) is 7.22. The van der Waals surface area contributed by atoms with Gasteiger partial charge in [0.2, 0.25) is 5.89 Å². The van der Waals surface area contributed by atoms with Crippen molar-refractivity contribution in [2.75, 3.05) is 0 Å². The fraction of sp³-hybridized carbons (Fsp3) is 0.333. The van der Waals surface area contributed by atoms with Crippen LogP contribution in [0.2, 0.25) is 0 Å². The largest absolute Gasteiger partial charge is 0.337 e. The van der Waals surface area contributed by atoms with Crippen molar-refractivity contribution in [1.82, 2.24) is 19.7 Å². The summed E-state index contributed by atoms with van der Waals surface area (Å²) in [6, 6.07) is 3.98. The maximum Gasteiger partial charge on any atom is 0.270 e. The number of nitro benzene ring substituents is 1. The molecular formula is C15H15N5O4. The molecule has 0 saturated carbocycles. The SMILES string of the molecule is CC(C)(C)c1noc(Cn2cnc3ccc([N+](=O)[O-])cc3c2=O)n1. The first kappa shape index (κ1) is 15.8. The van der Waals surface area contributed by atoms with E-state index < -0.39 is 10.5 Å². The molecule has 0 saturated heterocycles. The number of aromatic nitrogens is 4. The summed E-state index contributed by atoms with van der Waals surface area (Å²) in [5.74, 6) is 0.809. The molecule has 0 unspecified atom stereocenters. The van der Waals surface area contributed by atoms with Crippen LogP contribution in [0, 0.1) is 10.1 Å². The number of fused-ring (bicyclic) bond motifs is 1. The van der Waals surface area contributed by atoms with Crippen molar-refractivity contribution in [2.24, 2.45) is 0 Å². The molecule has 0 aliphatic carbocycles. The zero-order valence-electron chi connectivity index (χ0n) is 13.4. The second-order valence-corrected chi connectivity index (χ2v) is 6.40. The number of nitro groups is 1. The Morgan fingerprint density at radius 1 is 1.33 bits per heavy atom. The average Bonchev–Trinajstić information content (AvgIpc) is 2.98. The summed E-state index contributed by atoms with van der Waals surface area (Å²) >= 11 is 0. The molecular weight excluding hydrogens is 314 g/mol. The molecule has 9 nitrogen and oxygen atoms in total. The van der Waals surface area contributed by atoms with E-state index in [0.29, 0.717) is 11.3 Å². The van der Waals surface area contributed by atoms with E-state index in [1.165, 1.54) is 29.1 Å². The molecule has 3 aromatic rings. The zero-order chi connectivity index (χ0) is 17.5. The molecule has 2 heterocycles. The van der Waals surface area contributed by atoms with E-state index in [1.807, 2.05) is 20.8 Å². The molecule has 3 rings (SSSR count). The molecule has 0 amide bonds. The normalized spacial score (nSPS) is 11.8. The van der Waals surface area contributed by atoms with Crippen molar-refractivity contribution < 1.29 is 9.45 Å². The Labute approximate surface area is 136 Å². The Morgan fingerprint density at radius 3 is 2.71 bits per heavy atom. The van der Waals surface area contributed by atoms with E-state index in [4.69, 9.17) is 4.52 Å². The van der Waals surface area contributed by atoms with Gasteiger partial charge in [-0.2, -0.15) is 4.98 Å². The summed E-state index contributed by atoms with van der Waals surface area (Å²) in [6.07, 6.45) is 1.36. The van der Waals surface area contributed by atoms with Crippen LogP contribution < -0.4 is 5.56 Å². The van der Waals surface area contributed by atoms with Crippen LogP contribution in [0.4, 0.5) is 5.69 Å². The topological polar surface area (TPSA) is 117 Å². The quantitative estimate of drug-likeness (QED) is 0.533. The van der Waals surface area contributed by atoms with Crippen LogP contribution in [-0.4, -0.2) is 24.6 Å². The van der Waals surface area contributed by atoms with Gasteiger partial charge in [0.15, 0.2) is 5.82 Å². The number of rotatable bonds is 3. The van der Waals surface area contributed by atoms with Crippen molar-refractivity contribution >= 4 is 16.6 Å². The Hall–Kier alpha value is -3.10. The summed E-state index contributed by atoms with van der Waals surface area (Å²) in [5, 5.41) is 14.9. The molecule has 0 spiro atoms. The second kappa shape index (κ2) is 5.52. The van der Waals surface area contributed by atoms with Crippen LogP contribution in [0.15, 0.2) is 33.8 Å². The number of hydrogen-bond donors (Lipinski definition) is 0. The first-order chi connectivity index (χ1) is 11.3. The summed E-state index contributed by atoms with van der Waals surface area (Å²) in [4.78, 5) is 31.3. The third-order valence-corrected chi connectivity index (χ3v) is 3.46. The predicted molar refractivity (Wildman–Crippen MR) is 84.8 cm³/mol. The third kappa shape index (κ3) is 2.87. The van der Waals surface area contributed by atoms with Crippen molar-refractivity contribution in [2.45, 2.75) is 32.7 Å². The molecule has 0 fully saturated rings. The van der Waals surface area contributed by atoms with Crippen LogP contribution in [0.3, 0.4) is 0 Å². The minimum absolute atomic E-state index is 0.0492. The molecule has 24 heavy (non-hydrogen) atoms. The minimum atomic E-state index is -0.552. The monoisotopic (exact) mass is 329 g/mol. The standard InChI is InChI=1S/C15H15N5O4/c1-15(2,3)14-17-12(24-18-14)7-19-8-16-11-5-4-9(20(22)23)6-10(11)13(19)21/h4-6,8H,7H2,1-3H3. The van der Waals surface area contributed by atoms with Crippen molar-refractivity contribution in [1.29, 1.82) is 0 Å². The van der Waals surface area contributed by atoms with E-state index in [9.17, 15) is 14.9 Å². The molecule has 0 aliphatic heterocycles. The fourth-order valence-corrected chi connectivity index (χ4v) is 2.14. The van der Waals surface area contributed by atoms with E-state index in [1.54, 1.807) is 0 Å². The maximum atomic E-state index is 12.5. The molecule has 0 N–H and O–H groups in total. The lowest BCUT2D eigenvalue weighted by molar-refractivity contribution is -0.384. The van der Waals surface area contributed by atoms with Crippen molar-refractivity contribution in [3.8, 4) is 0 Å². The van der Waals surface area contributed by atoms with E-state index in [2.05, 4.69) is 15.1 Å². The Kier molecular flexibility index (Phi) is 3.63. The highest BCUT2D eigenvalue weighted by Gasteiger charge is 2.21. The van der Waals surface area contributed by atoms with Gasteiger partial charge < -0.3 is 4.52 Å². The predicted octanol–water partition coefficient (Wildman–Crippen LogP) is 2.03. The lowest BCUT2D eigenvalue weighted by Crippen LogP contribution is -2.21. The summed E-state index contributed by atoms with van der Waals surface area (Å²) in [5.41, 5.74) is -0.441. The molecule has 0 aliphatic rings. The van der Waals surface area contributed by atoms with Crippen LogP contribution in [-0.2, 0) is 12.0 Å². The van der Waals surface area contributed by atoms with Gasteiger partial charge in [-0.3, -0.25) is 19.5 Å². The zero-order valence-corrected chi connectivity index (χ0v) is 13.4. The Bertz CT molecular complexity index is 983. The van der Waals surface area contributed by atoms with Gasteiger partial charge in [-0.1, -0.05) is 25.9 Å². The van der Waals surface area contributed by atoms with Crippen molar-refractivity contribution in [3.63, 3.8) is 0 Å². The highest BCUT2D eigenvalue weighted by atomic mass is 16.6. The summed E-state index contributed by atoms with van der Waals surface area (Å²) in [6.45, 7) is 5.90. The highest BCUT2D eigenvalue weighted by Crippen LogP contribution is 2.19. The lowest BCUT2D eigenvalue weighted by atomic mass is 9.96. The van der Waals surface area contributed by atoms with Gasteiger partial charge in [0.05, 0.1) is 22.2 Å². The summed E-state index contributed by atoms with van der Waals surface area (Å²) < 4.78 is 6.45. The van der Waals surface area contributed by atoms with Crippen LogP contribution in [0.25, 0.3) is 10.9 Å². The van der Waals surface area contributed by atoms with Gasteiger partial charge in [0, 0.05) is 17.5 Å². The molecule has 124 valence electrons.